The van der Waals surface area contributed by atoms with Crippen molar-refractivity contribution in [1.82, 2.24) is 5.32 Å². The summed E-state index contributed by atoms with van der Waals surface area (Å²) in [6.07, 6.45) is 0. The standard InChI is InChI=1S/C13H19NO3/c1-9(2)10-4-5-11(12(6-10)17-3)7-14-8-13(15)16/h4-6,9,14H,7-8H2,1-3H3,(H,15,16). The van der Waals surface area contributed by atoms with Crippen LogP contribution in [0.25, 0.3) is 0 Å². The fourth-order valence-electron chi connectivity index (χ4n) is 1.57. The second-order valence-electron chi connectivity index (χ2n) is 4.22. The number of carboxylic acids is 1. The van der Waals surface area contributed by atoms with E-state index in [1.807, 2.05) is 18.2 Å². The van der Waals surface area contributed by atoms with E-state index in [-0.39, 0.29) is 6.54 Å². The van der Waals surface area contributed by atoms with Gasteiger partial charge in [0.1, 0.15) is 5.75 Å². The summed E-state index contributed by atoms with van der Waals surface area (Å²) in [6.45, 7) is 4.69. The molecule has 0 radical (unpaired) electrons. The predicted molar refractivity (Wildman–Crippen MR) is 66.4 cm³/mol. The molecule has 1 aromatic carbocycles. The number of hydrogen-bond donors (Lipinski definition) is 2. The van der Waals surface area contributed by atoms with Crippen LogP contribution in [0.5, 0.6) is 5.75 Å². The van der Waals surface area contributed by atoms with Gasteiger partial charge in [0.15, 0.2) is 0 Å². The zero-order valence-electron chi connectivity index (χ0n) is 10.5. The second kappa shape index (κ2) is 6.25. The van der Waals surface area contributed by atoms with Gasteiger partial charge in [0.05, 0.1) is 13.7 Å². The van der Waals surface area contributed by atoms with E-state index in [1.54, 1.807) is 7.11 Å². The van der Waals surface area contributed by atoms with Crippen molar-refractivity contribution in [3.63, 3.8) is 0 Å². The first kappa shape index (κ1) is 13.5. The first-order valence-electron chi connectivity index (χ1n) is 5.64. The Kier molecular flexibility index (Phi) is 4.97. The molecule has 0 amide bonds. The monoisotopic (exact) mass is 237 g/mol. The fraction of sp³-hybridized carbons (Fsp3) is 0.462. The first-order valence-corrected chi connectivity index (χ1v) is 5.64. The highest BCUT2D eigenvalue weighted by Crippen LogP contribution is 2.24. The lowest BCUT2D eigenvalue weighted by molar-refractivity contribution is -0.135. The maximum atomic E-state index is 10.4. The Hall–Kier alpha value is -1.55. The van der Waals surface area contributed by atoms with Gasteiger partial charge in [0.2, 0.25) is 0 Å². The van der Waals surface area contributed by atoms with Crippen LogP contribution in [-0.2, 0) is 11.3 Å². The quantitative estimate of drug-likeness (QED) is 0.794. The number of carboxylic acid groups (broad SMARTS) is 1. The van der Waals surface area contributed by atoms with Gasteiger partial charge in [-0.2, -0.15) is 0 Å². The third-order valence-corrected chi connectivity index (χ3v) is 2.57. The smallest absolute Gasteiger partial charge is 0.317 e. The van der Waals surface area contributed by atoms with Gasteiger partial charge in [0, 0.05) is 12.1 Å². The summed E-state index contributed by atoms with van der Waals surface area (Å²) in [5.41, 5.74) is 2.18. The Bertz CT molecular complexity index is 388. The van der Waals surface area contributed by atoms with E-state index in [4.69, 9.17) is 9.84 Å². The van der Waals surface area contributed by atoms with Crippen molar-refractivity contribution in [3.05, 3.63) is 29.3 Å². The van der Waals surface area contributed by atoms with Crippen LogP contribution in [0.2, 0.25) is 0 Å². The summed E-state index contributed by atoms with van der Waals surface area (Å²) >= 11 is 0. The van der Waals surface area contributed by atoms with Crippen LogP contribution in [0, 0.1) is 0 Å². The molecular weight excluding hydrogens is 218 g/mol. The molecule has 0 aliphatic heterocycles. The minimum Gasteiger partial charge on any atom is -0.496 e. The average Bonchev–Trinajstić information content (AvgIpc) is 2.28. The lowest BCUT2D eigenvalue weighted by atomic mass is 10.0. The molecule has 0 aromatic heterocycles. The third-order valence-electron chi connectivity index (χ3n) is 2.57. The largest absolute Gasteiger partial charge is 0.496 e. The second-order valence-corrected chi connectivity index (χ2v) is 4.22. The number of benzene rings is 1. The molecule has 0 saturated heterocycles. The molecule has 0 atom stereocenters. The summed E-state index contributed by atoms with van der Waals surface area (Å²) in [4.78, 5) is 10.4. The Labute approximate surface area is 102 Å². The van der Waals surface area contributed by atoms with Gasteiger partial charge in [-0.25, -0.2) is 0 Å². The molecule has 0 bridgehead atoms. The molecule has 4 nitrogen and oxygen atoms in total. The fourth-order valence-corrected chi connectivity index (χ4v) is 1.57. The number of nitrogens with one attached hydrogen (secondary N) is 1. The number of rotatable bonds is 6. The van der Waals surface area contributed by atoms with Crippen LogP contribution in [0.15, 0.2) is 18.2 Å². The minimum atomic E-state index is -0.859. The minimum absolute atomic E-state index is 0.0465. The van der Waals surface area contributed by atoms with Crippen molar-refractivity contribution in [2.75, 3.05) is 13.7 Å². The Morgan fingerprint density at radius 2 is 2.18 bits per heavy atom. The first-order chi connectivity index (χ1) is 8.04. The van der Waals surface area contributed by atoms with Crippen LogP contribution in [-0.4, -0.2) is 24.7 Å². The van der Waals surface area contributed by atoms with E-state index in [1.165, 1.54) is 5.56 Å². The van der Waals surface area contributed by atoms with Gasteiger partial charge in [-0.15, -0.1) is 0 Å². The van der Waals surface area contributed by atoms with Crippen molar-refractivity contribution in [2.45, 2.75) is 26.3 Å². The number of aliphatic carboxylic acids is 1. The number of methoxy groups -OCH3 is 1. The van der Waals surface area contributed by atoms with Gasteiger partial charge in [-0.3, -0.25) is 4.79 Å². The molecule has 94 valence electrons. The van der Waals surface area contributed by atoms with Crippen LogP contribution in [0.3, 0.4) is 0 Å². The van der Waals surface area contributed by atoms with Crippen LogP contribution in [0.4, 0.5) is 0 Å². The zero-order chi connectivity index (χ0) is 12.8. The molecule has 1 aromatic rings. The highest BCUT2D eigenvalue weighted by atomic mass is 16.5. The van der Waals surface area contributed by atoms with E-state index in [2.05, 4.69) is 19.2 Å². The van der Waals surface area contributed by atoms with Gasteiger partial charge in [-0.1, -0.05) is 26.0 Å². The van der Waals surface area contributed by atoms with Gasteiger partial charge < -0.3 is 15.2 Å². The molecule has 1 rings (SSSR count). The molecule has 0 unspecified atom stereocenters. The SMILES string of the molecule is COc1cc(C(C)C)ccc1CNCC(=O)O. The molecule has 0 aliphatic carbocycles. The highest BCUT2D eigenvalue weighted by Gasteiger charge is 2.07. The molecule has 0 spiro atoms. The molecule has 4 heteroatoms. The van der Waals surface area contributed by atoms with Gasteiger partial charge >= 0.3 is 5.97 Å². The summed E-state index contributed by atoms with van der Waals surface area (Å²) in [5, 5.41) is 11.4. The lowest BCUT2D eigenvalue weighted by Gasteiger charge is -2.12. The predicted octanol–water partition coefficient (Wildman–Crippen LogP) is 1.99. The summed E-state index contributed by atoms with van der Waals surface area (Å²) in [7, 11) is 1.63. The van der Waals surface area contributed by atoms with E-state index in [9.17, 15) is 4.79 Å². The maximum absolute atomic E-state index is 10.4. The lowest BCUT2D eigenvalue weighted by Crippen LogP contribution is -2.22. The highest BCUT2D eigenvalue weighted by molar-refractivity contribution is 5.69. The molecule has 17 heavy (non-hydrogen) atoms. The van der Waals surface area contributed by atoms with Crippen molar-refractivity contribution >= 4 is 5.97 Å². The normalized spacial score (nSPS) is 10.6. The van der Waals surface area contributed by atoms with Gasteiger partial charge in [0.25, 0.3) is 0 Å². The molecular formula is C13H19NO3. The Balaban J connectivity index is 2.74. The van der Waals surface area contributed by atoms with E-state index < -0.39 is 5.97 Å². The maximum Gasteiger partial charge on any atom is 0.317 e. The summed E-state index contributed by atoms with van der Waals surface area (Å²) in [6, 6.07) is 6.02. The summed E-state index contributed by atoms with van der Waals surface area (Å²) < 4.78 is 5.31. The van der Waals surface area contributed by atoms with E-state index >= 15 is 0 Å². The van der Waals surface area contributed by atoms with Crippen molar-refractivity contribution in [3.8, 4) is 5.75 Å². The number of ether oxygens (including phenoxy) is 1. The van der Waals surface area contributed by atoms with Gasteiger partial charge in [-0.05, 0) is 17.5 Å². The topological polar surface area (TPSA) is 58.6 Å². The Morgan fingerprint density at radius 1 is 1.47 bits per heavy atom. The zero-order valence-corrected chi connectivity index (χ0v) is 10.5. The van der Waals surface area contributed by atoms with Crippen LogP contribution in [0.1, 0.15) is 30.9 Å². The Morgan fingerprint density at radius 3 is 2.71 bits per heavy atom. The van der Waals surface area contributed by atoms with Crippen LogP contribution >= 0.6 is 0 Å². The molecule has 0 fully saturated rings. The van der Waals surface area contributed by atoms with Crippen LogP contribution < -0.4 is 10.1 Å². The average molecular weight is 237 g/mol. The van der Waals surface area contributed by atoms with E-state index in [0.717, 1.165) is 11.3 Å². The van der Waals surface area contributed by atoms with Crippen molar-refractivity contribution in [1.29, 1.82) is 0 Å². The third kappa shape index (κ3) is 4.07. The number of hydrogen-bond acceptors (Lipinski definition) is 3. The summed E-state index contributed by atoms with van der Waals surface area (Å²) in [5.74, 6) is 0.391. The molecule has 0 heterocycles. The molecule has 0 saturated carbocycles. The van der Waals surface area contributed by atoms with Crippen molar-refractivity contribution < 1.29 is 14.6 Å². The number of carbonyl (C=O) groups is 1. The van der Waals surface area contributed by atoms with Crippen molar-refractivity contribution in [2.24, 2.45) is 0 Å². The van der Waals surface area contributed by atoms with E-state index in [0.29, 0.717) is 12.5 Å². The molecule has 2 N–H and O–H groups in total. The molecule has 0 aliphatic rings.